The number of ether oxygens (including phenoxy) is 1. The monoisotopic (exact) mass is 419 g/mol. The molecule has 0 aliphatic carbocycles. The summed E-state index contributed by atoms with van der Waals surface area (Å²) in [6, 6.07) is 16.4. The van der Waals surface area contributed by atoms with E-state index in [2.05, 4.69) is 5.32 Å². The first-order valence-corrected chi connectivity index (χ1v) is 9.85. The van der Waals surface area contributed by atoms with E-state index in [1.807, 2.05) is 61.1 Å². The summed E-state index contributed by atoms with van der Waals surface area (Å²) in [4.78, 5) is 38.1. The maximum atomic E-state index is 12.4. The molecule has 0 bridgehead atoms. The van der Waals surface area contributed by atoms with Crippen LogP contribution in [0, 0.1) is 13.8 Å². The molecule has 0 radical (unpaired) electrons. The van der Waals surface area contributed by atoms with Gasteiger partial charge >= 0.3 is 5.97 Å². The van der Waals surface area contributed by atoms with E-state index in [4.69, 9.17) is 4.74 Å². The molecule has 1 heterocycles. The number of carbonyl (C=O) groups is 3. The van der Waals surface area contributed by atoms with Gasteiger partial charge < -0.3 is 19.5 Å². The van der Waals surface area contributed by atoms with E-state index in [-0.39, 0.29) is 12.5 Å². The zero-order chi connectivity index (χ0) is 22.4. The van der Waals surface area contributed by atoms with Gasteiger partial charge in [0.25, 0.3) is 5.91 Å². The number of rotatable bonds is 7. The molecule has 3 rings (SSSR count). The van der Waals surface area contributed by atoms with Crippen molar-refractivity contribution in [2.75, 3.05) is 25.5 Å². The first-order valence-electron chi connectivity index (χ1n) is 9.85. The van der Waals surface area contributed by atoms with Gasteiger partial charge in [0.05, 0.1) is 12.1 Å². The van der Waals surface area contributed by atoms with Crippen LogP contribution >= 0.6 is 0 Å². The normalized spacial score (nSPS) is 10.4. The molecule has 3 aromatic rings. The van der Waals surface area contributed by atoms with Gasteiger partial charge in [-0.05, 0) is 55.8 Å². The number of nitrogens with one attached hydrogen (secondary N) is 1. The number of aromatic nitrogens is 1. The maximum Gasteiger partial charge on any atom is 0.338 e. The second-order valence-electron chi connectivity index (χ2n) is 7.33. The SMILES string of the molecule is Cc1ccc(NC(=O)CN(C)C(=O)COC(=O)c2ccc(C)c(-n3cccc3)c2)cc1. The molecular formula is C24H25N3O4. The van der Waals surface area contributed by atoms with Crippen molar-refractivity contribution in [2.24, 2.45) is 0 Å². The third kappa shape index (κ3) is 5.82. The predicted molar refractivity (Wildman–Crippen MR) is 118 cm³/mol. The third-order valence-corrected chi connectivity index (χ3v) is 4.80. The zero-order valence-electron chi connectivity index (χ0n) is 17.8. The quantitative estimate of drug-likeness (QED) is 0.596. The molecule has 31 heavy (non-hydrogen) atoms. The molecule has 2 amide bonds. The Labute approximate surface area is 181 Å². The van der Waals surface area contributed by atoms with Crippen molar-refractivity contribution in [2.45, 2.75) is 13.8 Å². The highest BCUT2D eigenvalue weighted by Gasteiger charge is 2.17. The van der Waals surface area contributed by atoms with Crippen LogP contribution in [0.1, 0.15) is 21.5 Å². The predicted octanol–water partition coefficient (Wildman–Crippen LogP) is 3.35. The summed E-state index contributed by atoms with van der Waals surface area (Å²) in [6.07, 6.45) is 3.77. The summed E-state index contributed by atoms with van der Waals surface area (Å²) in [5.74, 6) is -1.40. The second kappa shape index (κ2) is 9.75. The smallest absolute Gasteiger partial charge is 0.338 e. The Morgan fingerprint density at radius 1 is 1.00 bits per heavy atom. The van der Waals surface area contributed by atoms with Gasteiger partial charge in [0.2, 0.25) is 5.91 Å². The van der Waals surface area contributed by atoms with Gasteiger partial charge in [0.15, 0.2) is 6.61 Å². The lowest BCUT2D eigenvalue weighted by molar-refractivity contribution is -0.136. The maximum absolute atomic E-state index is 12.4. The first kappa shape index (κ1) is 21.8. The summed E-state index contributed by atoms with van der Waals surface area (Å²) in [7, 11) is 1.49. The number of anilines is 1. The number of esters is 1. The molecule has 0 aliphatic rings. The minimum Gasteiger partial charge on any atom is -0.452 e. The molecular weight excluding hydrogens is 394 g/mol. The highest BCUT2D eigenvalue weighted by atomic mass is 16.5. The highest BCUT2D eigenvalue weighted by Crippen LogP contribution is 2.17. The average molecular weight is 419 g/mol. The molecule has 160 valence electrons. The van der Waals surface area contributed by atoms with Crippen LogP contribution in [-0.4, -0.2) is 47.4 Å². The van der Waals surface area contributed by atoms with Gasteiger partial charge in [0.1, 0.15) is 0 Å². The fourth-order valence-electron chi connectivity index (χ4n) is 2.97. The Bertz CT molecular complexity index is 1070. The minimum absolute atomic E-state index is 0.146. The summed E-state index contributed by atoms with van der Waals surface area (Å²) in [5, 5.41) is 2.73. The molecule has 0 saturated carbocycles. The van der Waals surface area contributed by atoms with Gasteiger partial charge in [-0.1, -0.05) is 23.8 Å². The van der Waals surface area contributed by atoms with Crippen molar-refractivity contribution in [3.8, 4) is 5.69 Å². The number of likely N-dealkylation sites (N-methyl/N-ethyl adjacent to an activating group) is 1. The van der Waals surface area contributed by atoms with Crippen LogP contribution in [0.15, 0.2) is 67.0 Å². The summed E-state index contributed by atoms with van der Waals surface area (Å²) < 4.78 is 7.07. The van der Waals surface area contributed by atoms with Crippen LogP contribution in [0.25, 0.3) is 5.69 Å². The van der Waals surface area contributed by atoms with Crippen molar-refractivity contribution >= 4 is 23.5 Å². The lowest BCUT2D eigenvalue weighted by atomic mass is 10.1. The molecule has 0 unspecified atom stereocenters. The minimum atomic E-state index is -0.598. The molecule has 0 aliphatic heterocycles. The van der Waals surface area contributed by atoms with Gasteiger partial charge in [-0.25, -0.2) is 4.79 Å². The van der Waals surface area contributed by atoms with Crippen LogP contribution < -0.4 is 5.32 Å². The Morgan fingerprint density at radius 2 is 1.68 bits per heavy atom. The molecule has 1 N–H and O–H groups in total. The van der Waals surface area contributed by atoms with Crippen LogP contribution in [0.5, 0.6) is 0 Å². The number of aryl methyl sites for hydroxylation is 2. The van der Waals surface area contributed by atoms with Crippen molar-refractivity contribution in [3.63, 3.8) is 0 Å². The molecule has 0 spiro atoms. The fraction of sp³-hybridized carbons (Fsp3) is 0.208. The van der Waals surface area contributed by atoms with Crippen LogP contribution in [0.2, 0.25) is 0 Å². The van der Waals surface area contributed by atoms with E-state index in [1.165, 1.54) is 11.9 Å². The van der Waals surface area contributed by atoms with Crippen molar-refractivity contribution in [3.05, 3.63) is 83.7 Å². The summed E-state index contributed by atoms with van der Waals surface area (Å²) in [5.41, 5.74) is 3.95. The second-order valence-corrected chi connectivity index (χ2v) is 7.33. The molecule has 1 aromatic heterocycles. The highest BCUT2D eigenvalue weighted by molar-refractivity contribution is 5.95. The molecule has 0 atom stereocenters. The standard InChI is InChI=1S/C24H25N3O4/c1-17-6-10-20(11-7-17)25-22(28)15-26(3)23(29)16-31-24(30)19-9-8-18(2)21(14-19)27-12-4-5-13-27/h4-14H,15-16H2,1-3H3,(H,25,28). The van der Waals surface area contributed by atoms with E-state index in [0.717, 1.165) is 16.8 Å². The van der Waals surface area contributed by atoms with E-state index >= 15 is 0 Å². The van der Waals surface area contributed by atoms with Crippen LogP contribution in [0.3, 0.4) is 0 Å². The number of hydrogen-bond acceptors (Lipinski definition) is 4. The number of hydrogen-bond donors (Lipinski definition) is 1. The summed E-state index contributed by atoms with van der Waals surface area (Å²) in [6.45, 7) is 3.31. The van der Waals surface area contributed by atoms with E-state index in [9.17, 15) is 14.4 Å². The lowest BCUT2D eigenvalue weighted by Gasteiger charge is -2.17. The average Bonchev–Trinajstić information content (AvgIpc) is 3.28. The fourth-order valence-corrected chi connectivity index (χ4v) is 2.97. The molecule has 2 aromatic carbocycles. The topological polar surface area (TPSA) is 80.6 Å². The number of nitrogens with zero attached hydrogens (tertiary/aromatic N) is 2. The Balaban J connectivity index is 1.52. The molecule has 7 nitrogen and oxygen atoms in total. The van der Waals surface area contributed by atoms with Crippen LogP contribution in [-0.2, 0) is 14.3 Å². The molecule has 0 saturated heterocycles. The first-order chi connectivity index (χ1) is 14.8. The van der Waals surface area contributed by atoms with Crippen molar-refractivity contribution in [1.82, 2.24) is 9.47 Å². The van der Waals surface area contributed by atoms with Gasteiger partial charge in [-0.15, -0.1) is 0 Å². The van der Waals surface area contributed by atoms with Crippen molar-refractivity contribution in [1.29, 1.82) is 0 Å². The van der Waals surface area contributed by atoms with Gasteiger partial charge in [0, 0.05) is 30.8 Å². The molecule has 7 heteroatoms. The van der Waals surface area contributed by atoms with E-state index in [1.54, 1.807) is 24.3 Å². The Morgan fingerprint density at radius 3 is 2.35 bits per heavy atom. The third-order valence-electron chi connectivity index (χ3n) is 4.80. The number of amides is 2. The molecule has 0 fully saturated rings. The van der Waals surface area contributed by atoms with Crippen LogP contribution in [0.4, 0.5) is 5.69 Å². The zero-order valence-corrected chi connectivity index (χ0v) is 17.8. The number of benzene rings is 2. The van der Waals surface area contributed by atoms with Crippen molar-refractivity contribution < 1.29 is 19.1 Å². The lowest BCUT2D eigenvalue weighted by Crippen LogP contribution is -2.37. The Hall–Kier alpha value is -3.87. The van der Waals surface area contributed by atoms with Gasteiger partial charge in [-0.2, -0.15) is 0 Å². The number of carbonyl (C=O) groups excluding carboxylic acids is 3. The van der Waals surface area contributed by atoms with E-state index in [0.29, 0.717) is 11.3 Å². The Kier molecular flexibility index (Phi) is 6.87. The largest absolute Gasteiger partial charge is 0.452 e. The van der Waals surface area contributed by atoms with Gasteiger partial charge in [-0.3, -0.25) is 9.59 Å². The van der Waals surface area contributed by atoms with E-state index < -0.39 is 18.5 Å². The summed E-state index contributed by atoms with van der Waals surface area (Å²) >= 11 is 0.